The van der Waals surface area contributed by atoms with Crippen molar-refractivity contribution in [2.45, 2.75) is 11.4 Å². The van der Waals surface area contributed by atoms with Crippen LogP contribution >= 0.6 is 0 Å². The summed E-state index contributed by atoms with van der Waals surface area (Å²) in [4.78, 5) is 4.03. The Morgan fingerprint density at radius 2 is 2.11 bits per heavy atom. The second-order valence-corrected chi connectivity index (χ2v) is 5.86. The van der Waals surface area contributed by atoms with Gasteiger partial charge in [0.25, 0.3) is 0 Å². The fourth-order valence-electron chi connectivity index (χ4n) is 1.60. The van der Waals surface area contributed by atoms with Crippen molar-refractivity contribution in [3.05, 3.63) is 36.4 Å². The van der Waals surface area contributed by atoms with Crippen molar-refractivity contribution in [1.82, 2.24) is 19.5 Å². The van der Waals surface area contributed by atoms with Crippen LogP contribution in [0.1, 0.15) is 5.82 Å². The maximum Gasteiger partial charge on any atom is 0.246 e. The molecular weight excluding hydrogens is 268 g/mol. The van der Waals surface area contributed by atoms with Crippen LogP contribution < -0.4 is 4.74 Å². The second-order valence-electron chi connectivity index (χ2n) is 3.84. The molecule has 1 N–H and O–H groups in total. The van der Waals surface area contributed by atoms with Gasteiger partial charge < -0.3 is 4.74 Å². The van der Waals surface area contributed by atoms with Crippen molar-refractivity contribution < 1.29 is 13.2 Å². The summed E-state index contributed by atoms with van der Waals surface area (Å²) in [6.07, 6.45) is 1.33. The smallest absolute Gasteiger partial charge is 0.246 e. The first-order valence-electron chi connectivity index (χ1n) is 5.49. The topological polar surface area (TPSA) is 88.2 Å². The molecule has 0 saturated heterocycles. The third-order valence-electron chi connectivity index (χ3n) is 2.59. The monoisotopic (exact) mass is 282 g/mol. The zero-order valence-corrected chi connectivity index (χ0v) is 11.4. The summed E-state index contributed by atoms with van der Waals surface area (Å²) < 4.78 is 31.1. The molecule has 0 aliphatic carbocycles. The summed E-state index contributed by atoms with van der Waals surface area (Å²) >= 11 is 0. The lowest BCUT2D eigenvalue weighted by atomic mass is 10.3. The lowest BCUT2D eigenvalue weighted by Gasteiger charge is -2.17. The van der Waals surface area contributed by atoms with Gasteiger partial charge in [0.15, 0.2) is 0 Å². The van der Waals surface area contributed by atoms with Crippen molar-refractivity contribution >= 4 is 10.0 Å². The lowest BCUT2D eigenvalue weighted by Crippen LogP contribution is -2.27. The van der Waals surface area contributed by atoms with Crippen LogP contribution in [0, 0.1) is 0 Å². The van der Waals surface area contributed by atoms with E-state index in [1.165, 1.54) is 30.9 Å². The summed E-state index contributed by atoms with van der Waals surface area (Å²) in [5.41, 5.74) is 0. The van der Waals surface area contributed by atoms with Crippen molar-refractivity contribution in [2.75, 3.05) is 14.2 Å². The summed E-state index contributed by atoms with van der Waals surface area (Å²) in [6, 6.07) is 6.48. The number of methoxy groups -OCH3 is 1. The van der Waals surface area contributed by atoms with E-state index in [1.54, 1.807) is 18.2 Å². The predicted octanol–water partition coefficient (Wildman–Crippen LogP) is 0.634. The molecule has 2 aromatic rings. The number of para-hydroxylation sites is 1. The number of hydrogen-bond donors (Lipinski definition) is 1. The van der Waals surface area contributed by atoms with E-state index in [0.717, 1.165) is 0 Å². The minimum Gasteiger partial charge on any atom is -0.495 e. The number of nitrogens with one attached hydrogen (secondary N) is 1. The van der Waals surface area contributed by atoms with E-state index >= 15 is 0 Å². The van der Waals surface area contributed by atoms with Crippen molar-refractivity contribution in [2.24, 2.45) is 0 Å². The summed E-state index contributed by atoms with van der Waals surface area (Å²) in [5.74, 6) is 0.785. The third-order valence-corrected chi connectivity index (χ3v) is 4.44. The molecule has 0 atom stereocenters. The Bertz CT molecular complexity index is 640. The number of aromatic amines is 1. The average molecular weight is 282 g/mol. The quantitative estimate of drug-likeness (QED) is 0.869. The first-order valence-corrected chi connectivity index (χ1v) is 6.93. The Balaban J connectivity index is 2.31. The summed E-state index contributed by atoms with van der Waals surface area (Å²) in [7, 11) is -0.725. The number of rotatable bonds is 5. The Hall–Kier alpha value is -1.93. The fraction of sp³-hybridized carbons (Fsp3) is 0.273. The van der Waals surface area contributed by atoms with Gasteiger partial charge in [-0.25, -0.2) is 13.4 Å². The molecule has 7 nitrogen and oxygen atoms in total. The minimum absolute atomic E-state index is 0.111. The molecule has 0 fully saturated rings. The molecular formula is C11H14N4O3S. The molecule has 19 heavy (non-hydrogen) atoms. The van der Waals surface area contributed by atoms with Gasteiger partial charge in [-0.05, 0) is 12.1 Å². The number of aromatic nitrogens is 3. The molecule has 1 aromatic heterocycles. The summed E-state index contributed by atoms with van der Waals surface area (Å²) in [6.45, 7) is 0.111. The SMILES string of the molecule is COc1ccccc1S(=O)(=O)N(C)Cc1ncn[nH]1. The standard InChI is InChI=1S/C11H14N4O3S/c1-15(7-11-12-8-13-14-11)19(16,17)10-6-4-3-5-9(10)18-2/h3-6,8H,7H2,1-2H3,(H,12,13,14). The van der Waals surface area contributed by atoms with E-state index in [4.69, 9.17) is 4.74 Å². The molecule has 0 unspecified atom stereocenters. The van der Waals surface area contributed by atoms with Crippen LogP contribution in [-0.4, -0.2) is 42.1 Å². The van der Waals surface area contributed by atoms with Gasteiger partial charge in [-0.3, -0.25) is 5.10 Å². The fourth-order valence-corrected chi connectivity index (χ4v) is 2.89. The van der Waals surface area contributed by atoms with Gasteiger partial charge in [-0.15, -0.1) is 0 Å². The third kappa shape index (κ3) is 2.74. The molecule has 102 valence electrons. The summed E-state index contributed by atoms with van der Waals surface area (Å²) in [5, 5.41) is 6.30. The van der Waals surface area contributed by atoms with Crippen LogP contribution in [0.25, 0.3) is 0 Å². The first-order chi connectivity index (χ1) is 9.05. The van der Waals surface area contributed by atoms with Crippen LogP contribution in [0.15, 0.2) is 35.5 Å². The van der Waals surface area contributed by atoms with Crippen LogP contribution in [0.4, 0.5) is 0 Å². The van der Waals surface area contributed by atoms with Crippen molar-refractivity contribution in [1.29, 1.82) is 0 Å². The zero-order valence-electron chi connectivity index (χ0n) is 10.6. The highest BCUT2D eigenvalue weighted by atomic mass is 32.2. The highest BCUT2D eigenvalue weighted by Crippen LogP contribution is 2.25. The normalized spacial score (nSPS) is 11.7. The zero-order chi connectivity index (χ0) is 13.9. The number of H-pyrrole nitrogens is 1. The highest BCUT2D eigenvalue weighted by molar-refractivity contribution is 7.89. The largest absolute Gasteiger partial charge is 0.495 e. The Kier molecular flexibility index (Phi) is 3.82. The van der Waals surface area contributed by atoms with Gasteiger partial charge in [-0.2, -0.15) is 9.40 Å². The molecule has 8 heteroatoms. The van der Waals surface area contributed by atoms with Gasteiger partial charge in [0.1, 0.15) is 22.8 Å². The first kappa shape index (κ1) is 13.5. The van der Waals surface area contributed by atoms with Crippen molar-refractivity contribution in [3.63, 3.8) is 0 Å². The van der Waals surface area contributed by atoms with E-state index in [0.29, 0.717) is 11.6 Å². The van der Waals surface area contributed by atoms with E-state index in [2.05, 4.69) is 15.2 Å². The Labute approximate surface area is 111 Å². The number of ether oxygens (including phenoxy) is 1. The van der Waals surface area contributed by atoms with Crippen LogP contribution in [-0.2, 0) is 16.6 Å². The Morgan fingerprint density at radius 3 is 2.74 bits per heavy atom. The average Bonchev–Trinajstić information content (AvgIpc) is 2.91. The molecule has 1 aromatic carbocycles. The van der Waals surface area contributed by atoms with Crippen LogP contribution in [0.5, 0.6) is 5.75 Å². The maximum atomic E-state index is 12.4. The maximum absolute atomic E-state index is 12.4. The molecule has 0 bridgehead atoms. The highest BCUT2D eigenvalue weighted by Gasteiger charge is 2.25. The number of sulfonamides is 1. The molecule has 0 amide bonds. The minimum atomic E-state index is -3.64. The van der Waals surface area contributed by atoms with E-state index < -0.39 is 10.0 Å². The molecule has 1 heterocycles. The molecule has 0 spiro atoms. The van der Waals surface area contributed by atoms with Gasteiger partial charge in [0, 0.05) is 7.05 Å². The van der Waals surface area contributed by atoms with Crippen LogP contribution in [0.3, 0.4) is 0 Å². The van der Waals surface area contributed by atoms with E-state index in [1.807, 2.05) is 0 Å². The molecule has 0 saturated carbocycles. The van der Waals surface area contributed by atoms with Crippen LogP contribution in [0.2, 0.25) is 0 Å². The van der Waals surface area contributed by atoms with Crippen molar-refractivity contribution in [3.8, 4) is 5.75 Å². The van der Waals surface area contributed by atoms with Gasteiger partial charge in [0.2, 0.25) is 10.0 Å². The number of benzene rings is 1. The second kappa shape index (κ2) is 5.37. The van der Waals surface area contributed by atoms with E-state index in [9.17, 15) is 8.42 Å². The molecule has 0 aliphatic rings. The lowest BCUT2D eigenvalue weighted by molar-refractivity contribution is 0.397. The Morgan fingerprint density at radius 1 is 1.37 bits per heavy atom. The number of hydrogen-bond acceptors (Lipinski definition) is 5. The number of nitrogens with zero attached hydrogens (tertiary/aromatic N) is 3. The van der Waals surface area contributed by atoms with E-state index in [-0.39, 0.29) is 11.4 Å². The van der Waals surface area contributed by atoms with Gasteiger partial charge >= 0.3 is 0 Å². The predicted molar refractivity (Wildman–Crippen MR) is 68.0 cm³/mol. The molecule has 0 aliphatic heterocycles. The molecule has 0 radical (unpaired) electrons. The van der Waals surface area contributed by atoms with Gasteiger partial charge in [-0.1, -0.05) is 12.1 Å². The molecule has 2 rings (SSSR count). The van der Waals surface area contributed by atoms with Gasteiger partial charge in [0.05, 0.1) is 13.7 Å².